The van der Waals surface area contributed by atoms with Gasteiger partial charge in [-0.05, 0) is 75.8 Å². The van der Waals surface area contributed by atoms with Crippen LogP contribution >= 0.6 is 11.6 Å². The van der Waals surface area contributed by atoms with Crippen molar-refractivity contribution in [1.29, 1.82) is 5.26 Å². The van der Waals surface area contributed by atoms with E-state index in [-0.39, 0.29) is 11.9 Å². The quantitative estimate of drug-likeness (QED) is 0.670. The molecule has 0 saturated heterocycles. The third-order valence-corrected chi connectivity index (χ3v) is 7.25. The third-order valence-electron chi connectivity index (χ3n) is 6.82. The Morgan fingerprint density at radius 3 is 2.43 bits per heavy atom. The second-order valence-corrected chi connectivity index (χ2v) is 9.12. The molecule has 4 nitrogen and oxygen atoms in total. The number of amides is 1. The van der Waals surface area contributed by atoms with Gasteiger partial charge < -0.3 is 9.80 Å². The molecule has 156 valence electrons. The summed E-state index contributed by atoms with van der Waals surface area (Å²) in [5, 5.41) is 9.88. The summed E-state index contributed by atoms with van der Waals surface area (Å²) >= 11 is 6.50. The largest absolute Gasteiger partial charge is 0.365 e. The van der Waals surface area contributed by atoms with Crippen LogP contribution in [0.3, 0.4) is 0 Å². The van der Waals surface area contributed by atoms with Crippen LogP contribution in [0.5, 0.6) is 0 Å². The SMILES string of the molecule is Cc1ccc(C(=O)N(C)[C@H]2CC[C@H](N3c4ccc(C#N)c(Cl)c4C[C@@H]3C)CC2)cc1. The standard InChI is InChI=1S/C25H28ClN3O/c1-16-4-6-18(7-5-16)25(30)28(3)20-9-11-21(12-10-20)29-17(2)14-22-23(29)13-8-19(15-27)24(22)26/h4-8,13,17,20-21H,9-12,14H2,1-3H3/t17-,20-,21-/m0/s1. The van der Waals surface area contributed by atoms with Gasteiger partial charge in [-0.3, -0.25) is 4.79 Å². The van der Waals surface area contributed by atoms with Crippen LogP contribution in [0.25, 0.3) is 0 Å². The normalized spacial score (nSPS) is 23.0. The lowest BCUT2D eigenvalue weighted by Crippen LogP contribution is -2.46. The number of halogens is 1. The van der Waals surface area contributed by atoms with Crippen LogP contribution in [0, 0.1) is 18.3 Å². The summed E-state index contributed by atoms with van der Waals surface area (Å²) in [6, 6.07) is 15.0. The first-order valence-corrected chi connectivity index (χ1v) is 11.1. The van der Waals surface area contributed by atoms with Crippen molar-refractivity contribution >= 4 is 23.2 Å². The summed E-state index contributed by atoms with van der Waals surface area (Å²) in [6.07, 6.45) is 4.99. The Balaban J connectivity index is 1.44. The van der Waals surface area contributed by atoms with Crippen molar-refractivity contribution < 1.29 is 4.79 Å². The van der Waals surface area contributed by atoms with E-state index in [1.165, 1.54) is 5.69 Å². The second kappa shape index (κ2) is 8.32. The Bertz CT molecular complexity index is 987. The maximum absolute atomic E-state index is 12.9. The topological polar surface area (TPSA) is 47.3 Å². The van der Waals surface area contributed by atoms with Gasteiger partial charge in [0.05, 0.1) is 10.6 Å². The van der Waals surface area contributed by atoms with Gasteiger partial charge in [0, 0.05) is 36.4 Å². The molecule has 5 heteroatoms. The summed E-state index contributed by atoms with van der Waals surface area (Å²) in [5.41, 5.74) is 4.77. The van der Waals surface area contributed by atoms with Gasteiger partial charge in [-0.1, -0.05) is 29.3 Å². The molecule has 30 heavy (non-hydrogen) atoms. The minimum Gasteiger partial charge on any atom is -0.365 e. The van der Waals surface area contributed by atoms with E-state index in [0.717, 1.165) is 48.8 Å². The predicted molar refractivity (Wildman–Crippen MR) is 121 cm³/mol. The first kappa shape index (κ1) is 20.8. The molecule has 1 atom stereocenters. The highest BCUT2D eigenvalue weighted by Gasteiger charge is 2.36. The molecule has 0 N–H and O–H groups in total. The van der Waals surface area contributed by atoms with E-state index in [1.54, 1.807) is 0 Å². The van der Waals surface area contributed by atoms with E-state index >= 15 is 0 Å². The number of carbonyl (C=O) groups excluding carboxylic acids is 1. The molecule has 1 saturated carbocycles. The number of aryl methyl sites for hydroxylation is 1. The van der Waals surface area contributed by atoms with Gasteiger partial charge in [0.2, 0.25) is 0 Å². The van der Waals surface area contributed by atoms with Crippen LogP contribution in [-0.4, -0.2) is 36.0 Å². The molecule has 4 rings (SSSR count). The van der Waals surface area contributed by atoms with Gasteiger partial charge in [0.1, 0.15) is 6.07 Å². The molecule has 1 aliphatic carbocycles. The van der Waals surface area contributed by atoms with Gasteiger partial charge in [0.25, 0.3) is 5.91 Å². The van der Waals surface area contributed by atoms with Crippen LogP contribution in [0.2, 0.25) is 5.02 Å². The first-order valence-electron chi connectivity index (χ1n) is 10.7. The lowest BCUT2D eigenvalue weighted by Gasteiger charge is -2.41. The highest BCUT2D eigenvalue weighted by molar-refractivity contribution is 6.33. The number of nitriles is 1. The highest BCUT2D eigenvalue weighted by atomic mass is 35.5. The molecule has 1 heterocycles. The summed E-state index contributed by atoms with van der Waals surface area (Å²) in [7, 11) is 1.93. The Hall–Kier alpha value is -2.51. The van der Waals surface area contributed by atoms with E-state index in [0.29, 0.717) is 22.7 Å². The Labute approximate surface area is 184 Å². The van der Waals surface area contributed by atoms with Crippen molar-refractivity contribution in [2.75, 3.05) is 11.9 Å². The first-order chi connectivity index (χ1) is 14.4. The summed E-state index contributed by atoms with van der Waals surface area (Å²) in [6.45, 7) is 4.27. The minimum atomic E-state index is 0.106. The molecule has 1 amide bonds. The van der Waals surface area contributed by atoms with E-state index < -0.39 is 0 Å². The van der Waals surface area contributed by atoms with Crippen molar-refractivity contribution in [2.24, 2.45) is 0 Å². The predicted octanol–water partition coefficient (Wildman–Crippen LogP) is 5.35. The van der Waals surface area contributed by atoms with Crippen LogP contribution in [0.4, 0.5) is 5.69 Å². The fraction of sp³-hybridized carbons (Fsp3) is 0.440. The molecule has 0 spiro atoms. The molecule has 2 aliphatic rings. The molecule has 1 fully saturated rings. The highest BCUT2D eigenvalue weighted by Crippen LogP contribution is 2.42. The van der Waals surface area contributed by atoms with Crippen LogP contribution in [-0.2, 0) is 6.42 Å². The molecule has 0 unspecified atom stereocenters. The Morgan fingerprint density at radius 2 is 1.80 bits per heavy atom. The van der Waals surface area contributed by atoms with Crippen LogP contribution in [0.15, 0.2) is 36.4 Å². The van der Waals surface area contributed by atoms with Gasteiger partial charge >= 0.3 is 0 Å². The molecule has 2 aromatic rings. The van der Waals surface area contributed by atoms with Crippen molar-refractivity contribution in [1.82, 2.24) is 4.90 Å². The van der Waals surface area contributed by atoms with E-state index in [1.807, 2.05) is 49.2 Å². The van der Waals surface area contributed by atoms with Gasteiger partial charge in [-0.15, -0.1) is 0 Å². The molecular weight excluding hydrogens is 394 g/mol. The Kier molecular flexibility index (Phi) is 5.75. The number of fused-ring (bicyclic) bond motifs is 1. The minimum absolute atomic E-state index is 0.106. The van der Waals surface area contributed by atoms with Gasteiger partial charge in [-0.2, -0.15) is 5.26 Å². The van der Waals surface area contributed by atoms with E-state index in [2.05, 4.69) is 24.0 Å². The molecule has 0 radical (unpaired) electrons. The number of anilines is 1. The number of benzene rings is 2. The van der Waals surface area contributed by atoms with Crippen LogP contribution < -0.4 is 4.90 Å². The van der Waals surface area contributed by atoms with E-state index in [9.17, 15) is 10.1 Å². The van der Waals surface area contributed by atoms with Crippen molar-refractivity contribution in [3.8, 4) is 6.07 Å². The summed E-state index contributed by atoms with van der Waals surface area (Å²) < 4.78 is 0. The Morgan fingerprint density at radius 1 is 1.13 bits per heavy atom. The number of hydrogen-bond acceptors (Lipinski definition) is 3. The summed E-state index contributed by atoms with van der Waals surface area (Å²) in [5.74, 6) is 0.106. The zero-order chi connectivity index (χ0) is 21.4. The second-order valence-electron chi connectivity index (χ2n) is 8.74. The molecule has 0 aromatic heterocycles. The summed E-state index contributed by atoms with van der Waals surface area (Å²) in [4.78, 5) is 17.3. The third kappa shape index (κ3) is 3.68. The average Bonchev–Trinajstić information content (AvgIpc) is 3.10. The number of hydrogen-bond donors (Lipinski definition) is 0. The fourth-order valence-corrected chi connectivity index (χ4v) is 5.39. The molecule has 0 bridgehead atoms. The van der Waals surface area contributed by atoms with Crippen molar-refractivity contribution in [3.63, 3.8) is 0 Å². The van der Waals surface area contributed by atoms with Crippen molar-refractivity contribution in [2.45, 2.75) is 64.1 Å². The zero-order valence-corrected chi connectivity index (χ0v) is 18.6. The van der Waals surface area contributed by atoms with Gasteiger partial charge in [0.15, 0.2) is 0 Å². The lowest BCUT2D eigenvalue weighted by atomic mass is 9.88. The number of rotatable bonds is 3. The van der Waals surface area contributed by atoms with Gasteiger partial charge in [-0.25, -0.2) is 0 Å². The molecule has 1 aliphatic heterocycles. The lowest BCUT2D eigenvalue weighted by molar-refractivity contribution is 0.0688. The monoisotopic (exact) mass is 421 g/mol. The van der Waals surface area contributed by atoms with Crippen LogP contribution in [0.1, 0.15) is 59.7 Å². The number of carbonyl (C=O) groups is 1. The maximum Gasteiger partial charge on any atom is 0.253 e. The van der Waals surface area contributed by atoms with E-state index in [4.69, 9.17) is 11.6 Å². The number of nitrogens with zero attached hydrogens (tertiary/aromatic N) is 3. The van der Waals surface area contributed by atoms with Crippen molar-refractivity contribution in [3.05, 3.63) is 63.7 Å². The molecule has 2 aromatic carbocycles. The average molecular weight is 422 g/mol. The zero-order valence-electron chi connectivity index (χ0n) is 17.9. The smallest absolute Gasteiger partial charge is 0.253 e. The fourth-order valence-electron chi connectivity index (χ4n) is 5.11. The molecular formula is C25H28ClN3O. The maximum atomic E-state index is 12.9.